The molecule has 0 amide bonds. The van der Waals surface area contributed by atoms with Crippen LogP contribution in [0.15, 0.2) is 48.5 Å². The first kappa shape index (κ1) is 9.71. The molecule has 1 nitrogen and oxygen atoms in total. The number of nitrogens with two attached hydrogens (primary N) is 1. The van der Waals surface area contributed by atoms with E-state index in [4.69, 9.17) is 5.73 Å². The zero-order valence-electron chi connectivity index (χ0n) is 8.28. The first-order chi connectivity index (χ1) is 7.24. The number of anilines is 1. The standard InChI is InChI=1S/C13H12FN/c14-12-5-1-3-10(8-12)7-11-4-2-6-13(15)9-11/h1-6,8-9H,7,15H2. The van der Waals surface area contributed by atoms with Crippen LogP contribution >= 0.6 is 0 Å². The van der Waals surface area contributed by atoms with Crippen LogP contribution in [0, 0.1) is 5.82 Å². The van der Waals surface area contributed by atoms with Crippen molar-refractivity contribution in [3.05, 3.63) is 65.5 Å². The number of nitrogen functional groups attached to an aromatic ring is 1. The number of rotatable bonds is 2. The molecule has 2 N–H and O–H groups in total. The lowest BCUT2D eigenvalue weighted by atomic mass is 10.0. The summed E-state index contributed by atoms with van der Waals surface area (Å²) in [6.45, 7) is 0. The van der Waals surface area contributed by atoms with Gasteiger partial charge in [-0.2, -0.15) is 0 Å². The molecule has 2 aromatic carbocycles. The molecule has 0 aromatic heterocycles. The summed E-state index contributed by atoms with van der Waals surface area (Å²) >= 11 is 0. The molecule has 0 bridgehead atoms. The first-order valence-corrected chi connectivity index (χ1v) is 4.83. The molecule has 2 rings (SSSR count). The Hall–Kier alpha value is -1.83. The van der Waals surface area contributed by atoms with E-state index in [1.54, 1.807) is 12.1 Å². The molecule has 2 aromatic rings. The lowest BCUT2D eigenvalue weighted by molar-refractivity contribution is 0.626. The summed E-state index contributed by atoms with van der Waals surface area (Å²) in [5.74, 6) is -0.198. The van der Waals surface area contributed by atoms with Gasteiger partial charge in [0.2, 0.25) is 0 Å². The van der Waals surface area contributed by atoms with Gasteiger partial charge in [-0.25, -0.2) is 4.39 Å². The van der Waals surface area contributed by atoms with E-state index in [9.17, 15) is 4.39 Å². The molecule has 0 aliphatic rings. The van der Waals surface area contributed by atoms with E-state index in [-0.39, 0.29) is 5.82 Å². The van der Waals surface area contributed by atoms with Crippen LogP contribution in [0.5, 0.6) is 0 Å². The van der Waals surface area contributed by atoms with Gasteiger partial charge in [-0.05, 0) is 41.8 Å². The van der Waals surface area contributed by atoms with Gasteiger partial charge >= 0.3 is 0 Å². The third-order valence-electron chi connectivity index (χ3n) is 2.25. The Bertz CT molecular complexity index is 422. The molecule has 15 heavy (non-hydrogen) atoms. The van der Waals surface area contributed by atoms with Crippen LogP contribution in [0.4, 0.5) is 10.1 Å². The van der Waals surface area contributed by atoms with Crippen molar-refractivity contribution >= 4 is 5.69 Å². The fourth-order valence-electron chi connectivity index (χ4n) is 1.59. The zero-order chi connectivity index (χ0) is 10.7. The molecule has 76 valence electrons. The minimum absolute atomic E-state index is 0.198. The van der Waals surface area contributed by atoms with Crippen LogP contribution < -0.4 is 5.73 Å². The monoisotopic (exact) mass is 201 g/mol. The summed E-state index contributed by atoms with van der Waals surface area (Å²) in [5.41, 5.74) is 8.46. The van der Waals surface area contributed by atoms with Gasteiger partial charge in [0.25, 0.3) is 0 Å². The van der Waals surface area contributed by atoms with E-state index in [1.807, 2.05) is 30.3 Å². The van der Waals surface area contributed by atoms with Crippen LogP contribution in [0.25, 0.3) is 0 Å². The number of benzene rings is 2. The van der Waals surface area contributed by atoms with Gasteiger partial charge in [0.1, 0.15) is 5.82 Å². The molecule has 0 radical (unpaired) electrons. The smallest absolute Gasteiger partial charge is 0.123 e. The predicted molar refractivity (Wildman–Crippen MR) is 60.1 cm³/mol. The molecule has 0 atom stereocenters. The Morgan fingerprint density at radius 3 is 2.27 bits per heavy atom. The minimum Gasteiger partial charge on any atom is -0.399 e. The van der Waals surface area contributed by atoms with Crippen molar-refractivity contribution in [2.75, 3.05) is 5.73 Å². The lowest BCUT2D eigenvalue weighted by Crippen LogP contribution is -1.91. The summed E-state index contributed by atoms with van der Waals surface area (Å²) in [6.07, 6.45) is 0.711. The molecule has 0 spiro atoms. The number of halogens is 1. The van der Waals surface area contributed by atoms with Crippen molar-refractivity contribution in [1.29, 1.82) is 0 Å². The molecule has 0 saturated heterocycles. The molecule has 0 fully saturated rings. The van der Waals surface area contributed by atoms with Crippen molar-refractivity contribution in [2.24, 2.45) is 0 Å². The van der Waals surface area contributed by atoms with Crippen molar-refractivity contribution in [2.45, 2.75) is 6.42 Å². The fraction of sp³-hybridized carbons (Fsp3) is 0.0769. The van der Waals surface area contributed by atoms with E-state index in [0.29, 0.717) is 6.42 Å². The normalized spacial score (nSPS) is 10.2. The maximum absolute atomic E-state index is 12.9. The Balaban J connectivity index is 2.22. The molecule has 0 heterocycles. The van der Waals surface area contributed by atoms with Crippen LogP contribution in [0.2, 0.25) is 0 Å². The van der Waals surface area contributed by atoms with Gasteiger partial charge in [-0.3, -0.25) is 0 Å². The van der Waals surface area contributed by atoms with Crippen LogP contribution in [0.1, 0.15) is 11.1 Å². The number of hydrogen-bond acceptors (Lipinski definition) is 1. The average Bonchev–Trinajstić information content (AvgIpc) is 2.17. The highest BCUT2D eigenvalue weighted by atomic mass is 19.1. The number of hydrogen-bond donors (Lipinski definition) is 1. The topological polar surface area (TPSA) is 26.0 Å². The van der Waals surface area contributed by atoms with E-state index in [0.717, 1.165) is 16.8 Å². The van der Waals surface area contributed by atoms with Crippen molar-refractivity contribution in [3.8, 4) is 0 Å². The maximum atomic E-state index is 12.9. The average molecular weight is 201 g/mol. The quantitative estimate of drug-likeness (QED) is 0.742. The minimum atomic E-state index is -0.198. The van der Waals surface area contributed by atoms with E-state index in [2.05, 4.69) is 0 Å². The second-order valence-electron chi connectivity index (χ2n) is 3.55. The van der Waals surface area contributed by atoms with Gasteiger partial charge in [0.15, 0.2) is 0 Å². The Morgan fingerprint density at radius 2 is 1.60 bits per heavy atom. The fourth-order valence-corrected chi connectivity index (χ4v) is 1.59. The lowest BCUT2D eigenvalue weighted by Gasteiger charge is -2.02. The first-order valence-electron chi connectivity index (χ1n) is 4.83. The van der Waals surface area contributed by atoms with Gasteiger partial charge in [-0.1, -0.05) is 24.3 Å². The third-order valence-corrected chi connectivity index (χ3v) is 2.25. The third kappa shape index (κ3) is 2.56. The maximum Gasteiger partial charge on any atom is 0.123 e. The highest BCUT2D eigenvalue weighted by Crippen LogP contribution is 2.13. The molecule has 0 aliphatic carbocycles. The van der Waals surface area contributed by atoms with E-state index in [1.165, 1.54) is 6.07 Å². The molecular weight excluding hydrogens is 189 g/mol. The second-order valence-corrected chi connectivity index (χ2v) is 3.55. The van der Waals surface area contributed by atoms with Gasteiger partial charge in [0.05, 0.1) is 0 Å². The second kappa shape index (κ2) is 4.13. The van der Waals surface area contributed by atoms with E-state index >= 15 is 0 Å². The van der Waals surface area contributed by atoms with E-state index < -0.39 is 0 Å². The van der Waals surface area contributed by atoms with Crippen LogP contribution in [-0.2, 0) is 6.42 Å². The van der Waals surface area contributed by atoms with Crippen molar-refractivity contribution in [3.63, 3.8) is 0 Å². The molecule has 0 unspecified atom stereocenters. The zero-order valence-corrected chi connectivity index (χ0v) is 8.28. The largest absolute Gasteiger partial charge is 0.399 e. The SMILES string of the molecule is Nc1cccc(Cc2cccc(F)c2)c1. The summed E-state index contributed by atoms with van der Waals surface area (Å²) < 4.78 is 12.9. The summed E-state index contributed by atoms with van der Waals surface area (Å²) in [6, 6.07) is 14.3. The van der Waals surface area contributed by atoms with Crippen molar-refractivity contribution < 1.29 is 4.39 Å². The molecule has 0 aliphatic heterocycles. The summed E-state index contributed by atoms with van der Waals surface area (Å²) in [5, 5.41) is 0. The predicted octanol–water partition coefficient (Wildman–Crippen LogP) is 3.00. The van der Waals surface area contributed by atoms with Gasteiger partial charge < -0.3 is 5.73 Å². The van der Waals surface area contributed by atoms with Crippen LogP contribution in [0.3, 0.4) is 0 Å². The Labute approximate surface area is 88.4 Å². The molecular formula is C13H12FN. The van der Waals surface area contributed by atoms with Gasteiger partial charge in [0, 0.05) is 5.69 Å². The Morgan fingerprint density at radius 1 is 0.933 bits per heavy atom. The molecule has 2 heteroatoms. The van der Waals surface area contributed by atoms with Gasteiger partial charge in [-0.15, -0.1) is 0 Å². The highest BCUT2D eigenvalue weighted by molar-refractivity contribution is 5.42. The van der Waals surface area contributed by atoms with Crippen LogP contribution in [-0.4, -0.2) is 0 Å². The summed E-state index contributed by atoms with van der Waals surface area (Å²) in [4.78, 5) is 0. The summed E-state index contributed by atoms with van der Waals surface area (Å²) in [7, 11) is 0. The molecule has 0 saturated carbocycles. The highest BCUT2D eigenvalue weighted by Gasteiger charge is 1.98. The van der Waals surface area contributed by atoms with Crippen molar-refractivity contribution in [1.82, 2.24) is 0 Å². The Kier molecular flexibility index (Phi) is 2.68.